The number of hydrogen-bond donors (Lipinski definition) is 0. The fourth-order valence-electron chi connectivity index (χ4n) is 3.00. The molecule has 0 unspecified atom stereocenters. The van der Waals surface area contributed by atoms with Crippen LogP contribution in [0.25, 0.3) is 0 Å². The summed E-state index contributed by atoms with van der Waals surface area (Å²) in [6.45, 7) is 0. The fraction of sp³-hybridized carbons (Fsp3) is 0.316. The molecule has 2 heteroatoms. The first-order valence-corrected chi connectivity index (χ1v) is 8.09. The molecule has 1 fully saturated rings. The number of aliphatic imine (C=N–C) groups is 1. The summed E-state index contributed by atoms with van der Waals surface area (Å²) < 4.78 is 0. The van der Waals surface area contributed by atoms with E-state index < -0.39 is 0 Å². The van der Waals surface area contributed by atoms with Crippen molar-refractivity contribution in [3.05, 3.63) is 64.7 Å². The van der Waals surface area contributed by atoms with Crippen molar-refractivity contribution in [2.75, 3.05) is 0 Å². The van der Waals surface area contributed by atoms with Crippen molar-refractivity contribution in [1.29, 1.82) is 0 Å². The Morgan fingerprint density at radius 1 is 0.952 bits per heavy atom. The van der Waals surface area contributed by atoms with E-state index in [1.54, 1.807) is 0 Å². The standard InChI is InChI=1S/C19H20ClN/c20-18-7-4-8-19(13-18)21-14-15-9-11-17(12-10-15)16-5-2-1-3-6-16/h4,7-14,16H,1-3,5-6H2. The Morgan fingerprint density at radius 3 is 2.43 bits per heavy atom. The third-order valence-corrected chi connectivity index (χ3v) is 4.42. The van der Waals surface area contributed by atoms with Crippen molar-refractivity contribution >= 4 is 23.5 Å². The first kappa shape index (κ1) is 14.3. The van der Waals surface area contributed by atoms with Crippen molar-refractivity contribution in [2.45, 2.75) is 38.0 Å². The van der Waals surface area contributed by atoms with Crippen LogP contribution in [0.3, 0.4) is 0 Å². The summed E-state index contributed by atoms with van der Waals surface area (Å²) in [6.07, 6.45) is 8.74. The van der Waals surface area contributed by atoms with Gasteiger partial charge in [0, 0.05) is 11.2 Å². The van der Waals surface area contributed by atoms with Crippen LogP contribution in [0, 0.1) is 0 Å². The lowest BCUT2D eigenvalue weighted by Crippen LogP contribution is -2.04. The van der Waals surface area contributed by atoms with Gasteiger partial charge in [-0.2, -0.15) is 0 Å². The molecule has 0 saturated heterocycles. The van der Waals surface area contributed by atoms with E-state index in [2.05, 4.69) is 29.3 Å². The summed E-state index contributed by atoms with van der Waals surface area (Å²) in [7, 11) is 0. The third-order valence-electron chi connectivity index (χ3n) is 4.18. The van der Waals surface area contributed by atoms with Crippen LogP contribution >= 0.6 is 11.6 Å². The second-order valence-electron chi connectivity index (χ2n) is 5.74. The number of nitrogens with zero attached hydrogens (tertiary/aromatic N) is 1. The molecular weight excluding hydrogens is 278 g/mol. The molecule has 21 heavy (non-hydrogen) atoms. The van der Waals surface area contributed by atoms with Gasteiger partial charge in [-0.25, -0.2) is 0 Å². The topological polar surface area (TPSA) is 12.4 Å². The highest BCUT2D eigenvalue weighted by atomic mass is 35.5. The van der Waals surface area contributed by atoms with Gasteiger partial charge in [0.05, 0.1) is 5.69 Å². The Bertz CT molecular complexity index is 610. The molecule has 108 valence electrons. The van der Waals surface area contributed by atoms with E-state index in [4.69, 9.17) is 11.6 Å². The number of benzene rings is 2. The Morgan fingerprint density at radius 2 is 1.71 bits per heavy atom. The summed E-state index contributed by atoms with van der Waals surface area (Å²) in [4.78, 5) is 4.47. The minimum atomic E-state index is 0.720. The zero-order valence-corrected chi connectivity index (χ0v) is 12.9. The predicted molar refractivity (Wildman–Crippen MR) is 91.0 cm³/mol. The van der Waals surface area contributed by atoms with Gasteiger partial charge in [-0.05, 0) is 48.1 Å². The van der Waals surface area contributed by atoms with E-state index >= 15 is 0 Å². The van der Waals surface area contributed by atoms with E-state index in [1.165, 1.54) is 37.7 Å². The molecule has 0 spiro atoms. The first-order chi connectivity index (χ1) is 10.3. The maximum atomic E-state index is 5.96. The lowest BCUT2D eigenvalue weighted by atomic mass is 9.84. The lowest BCUT2D eigenvalue weighted by Gasteiger charge is -2.21. The monoisotopic (exact) mass is 297 g/mol. The molecule has 0 amide bonds. The predicted octanol–water partition coefficient (Wildman–Crippen LogP) is 6.14. The Labute approximate surface area is 131 Å². The molecule has 2 aromatic rings. The molecule has 1 nitrogen and oxygen atoms in total. The van der Waals surface area contributed by atoms with Gasteiger partial charge in [0.25, 0.3) is 0 Å². The minimum absolute atomic E-state index is 0.720. The van der Waals surface area contributed by atoms with Gasteiger partial charge in [0.1, 0.15) is 0 Å². The van der Waals surface area contributed by atoms with Crippen LogP contribution in [-0.4, -0.2) is 6.21 Å². The van der Waals surface area contributed by atoms with Gasteiger partial charge in [-0.1, -0.05) is 61.2 Å². The fourth-order valence-corrected chi connectivity index (χ4v) is 3.18. The van der Waals surface area contributed by atoms with E-state index in [-0.39, 0.29) is 0 Å². The number of hydrogen-bond acceptors (Lipinski definition) is 1. The molecule has 0 heterocycles. The average Bonchev–Trinajstić information content (AvgIpc) is 2.54. The van der Waals surface area contributed by atoms with Gasteiger partial charge >= 0.3 is 0 Å². The molecule has 0 bridgehead atoms. The van der Waals surface area contributed by atoms with E-state index in [9.17, 15) is 0 Å². The Hall–Kier alpha value is -1.60. The summed E-state index contributed by atoms with van der Waals surface area (Å²) in [5.74, 6) is 0.762. The van der Waals surface area contributed by atoms with Crippen molar-refractivity contribution in [1.82, 2.24) is 0 Å². The van der Waals surface area contributed by atoms with Gasteiger partial charge in [0.2, 0.25) is 0 Å². The Balaban J connectivity index is 1.69. The van der Waals surface area contributed by atoms with Gasteiger partial charge in [-0.3, -0.25) is 4.99 Å². The van der Waals surface area contributed by atoms with Crippen molar-refractivity contribution < 1.29 is 0 Å². The van der Waals surface area contributed by atoms with E-state index in [0.29, 0.717) is 0 Å². The van der Waals surface area contributed by atoms with Crippen LogP contribution in [0.2, 0.25) is 5.02 Å². The van der Waals surface area contributed by atoms with E-state index in [0.717, 1.165) is 22.2 Å². The highest BCUT2D eigenvalue weighted by molar-refractivity contribution is 6.30. The summed E-state index contributed by atoms with van der Waals surface area (Å²) in [5.41, 5.74) is 3.50. The largest absolute Gasteiger partial charge is 0.256 e. The van der Waals surface area contributed by atoms with Gasteiger partial charge in [0.15, 0.2) is 0 Å². The normalized spacial score (nSPS) is 16.4. The van der Waals surface area contributed by atoms with Crippen LogP contribution in [-0.2, 0) is 0 Å². The average molecular weight is 298 g/mol. The first-order valence-electron chi connectivity index (χ1n) is 7.71. The zero-order valence-electron chi connectivity index (χ0n) is 12.1. The van der Waals surface area contributed by atoms with Crippen LogP contribution in [0.5, 0.6) is 0 Å². The molecule has 0 aliphatic heterocycles. The van der Waals surface area contributed by atoms with E-state index in [1.807, 2.05) is 30.5 Å². The van der Waals surface area contributed by atoms with Gasteiger partial charge < -0.3 is 0 Å². The molecule has 0 aromatic heterocycles. The summed E-state index contributed by atoms with van der Waals surface area (Å²) in [5, 5.41) is 0.720. The van der Waals surface area contributed by atoms with Crippen LogP contribution in [0.1, 0.15) is 49.1 Å². The quantitative estimate of drug-likeness (QED) is 0.604. The molecule has 1 saturated carbocycles. The lowest BCUT2D eigenvalue weighted by molar-refractivity contribution is 0.443. The van der Waals surface area contributed by atoms with Crippen molar-refractivity contribution in [3.63, 3.8) is 0 Å². The molecule has 0 radical (unpaired) electrons. The van der Waals surface area contributed by atoms with Crippen LogP contribution < -0.4 is 0 Å². The summed E-state index contributed by atoms with van der Waals surface area (Å²) >= 11 is 5.96. The SMILES string of the molecule is Clc1cccc(N=Cc2ccc(C3CCCCC3)cc2)c1. The minimum Gasteiger partial charge on any atom is -0.256 e. The molecule has 0 N–H and O–H groups in total. The molecular formula is C19H20ClN. The molecule has 0 atom stereocenters. The maximum Gasteiger partial charge on any atom is 0.0644 e. The third kappa shape index (κ3) is 3.95. The molecule has 1 aliphatic rings. The Kier molecular flexibility index (Phi) is 4.72. The second-order valence-corrected chi connectivity index (χ2v) is 6.18. The van der Waals surface area contributed by atoms with Crippen molar-refractivity contribution in [3.8, 4) is 0 Å². The number of halogens is 1. The second kappa shape index (κ2) is 6.91. The molecule has 2 aromatic carbocycles. The van der Waals surface area contributed by atoms with Gasteiger partial charge in [-0.15, -0.1) is 0 Å². The number of rotatable bonds is 3. The van der Waals surface area contributed by atoms with Crippen molar-refractivity contribution in [2.24, 2.45) is 4.99 Å². The van der Waals surface area contributed by atoms with Crippen LogP contribution in [0.4, 0.5) is 5.69 Å². The molecule has 1 aliphatic carbocycles. The highest BCUT2D eigenvalue weighted by Crippen LogP contribution is 2.32. The zero-order chi connectivity index (χ0) is 14.5. The summed E-state index contributed by atoms with van der Waals surface area (Å²) in [6, 6.07) is 16.5. The van der Waals surface area contributed by atoms with Crippen LogP contribution in [0.15, 0.2) is 53.5 Å². The maximum absolute atomic E-state index is 5.96. The smallest absolute Gasteiger partial charge is 0.0644 e. The highest BCUT2D eigenvalue weighted by Gasteiger charge is 2.14. The molecule has 3 rings (SSSR count).